The second-order valence-electron chi connectivity index (χ2n) is 4.60. The van der Waals surface area contributed by atoms with Crippen molar-refractivity contribution in [2.24, 2.45) is 5.92 Å². The number of carbonyl (C=O) groups is 1. The molecule has 100 valence electrons. The number of carbonyl (C=O) groups excluding carboxylic acids is 1. The topological polar surface area (TPSA) is 34.9 Å². The smallest absolute Gasteiger partial charge is 0.292 e. The fourth-order valence-electron chi connectivity index (χ4n) is 2.26. The third-order valence-electron chi connectivity index (χ3n) is 3.11. The van der Waals surface area contributed by atoms with Crippen molar-refractivity contribution in [2.45, 2.75) is 39.2 Å². The van der Waals surface area contributed by atoms with Gasteiger partial charge in [-0.3, -0.25) is 9.48 Å². The first-order valence-corrected chi connectivity index (χ1v) is 5.50. The first-order chi connectivity index (χ1) is 8.25. The molecule has 0 spiro atoms. The number of ketones is 1. The van der Waals surface area contributed by atoms with Crippen LogP contribution in [0.25, 0.3) is 0 Å². The normalized spacial score (nSPS) is 21.4. The number of fused-ring (bicyclic) bond motifs is 1. The zero-order valence-electron chi connectivity index (χ0n) is 9.88. The molecule has 0 saturated carbocycles. The Bertz CT molecular complexity index is 495. The highest BCUT2D eigenvalue weighted by Gasteiger charge is 2.51. The number of Topliss-reactive ketones (excluding diaryl/α,β-unsaturated/α-hetero) is 1. The minimum Gasteiger partial charge on any atom is -0.298 e. The molecular weight excluding hydrogens is 252 g/mol. The van der Waals surface area contributed by atoms with Gasteiger partial charge < -0.3 is 0 Å². The van der Waals surface area contributed by atoms with Gasteiger partial charge in [-0.1, -0.05) is 6.92 Å². The van der Waals surface area contributed by atoms with Crippen LogP contribution in [0.5, 0.6) is 0 Å². The highest BCUT2D eigenvalue weighted by molar-refractivity contribution is 5.75. The lowest BCUT2D eigenvalue weighted by Crippen LogP contribution is -2.24. The maximum Gasteiger partial charge on any atom is 0.292 e. The zero-order chi connectivity index (χ0) is 13.7. The maximum atomic E-state index is 13.9. The molecular formula is C11H12F4N2O. The van der Waals surface area contributed by atoms with E-state index in [0.29, 0.717) is 0 Å². The van der Waals surface area contributed by atoms with Crippen molar-refractivity contribution in [3.05, 3.63) is 17.0 Å². The molecule has 0 saturated heterocycles. The van der Waals surface area contributed by atoms with E-state index in [-0.39, 0.29) is 12.0 Å². The Morgan fingerprint density at radius 1 is 1.56 bits per heavy atom. The highest BCUT2D eigenvalue weighted by Crippen LogP contribution is 2.48. The number of alkyl halides is 4. The molecule has 18 heavy (non-hydrogen) atoms. The van der Waals surface area contributed by atoms with Gasteiger partial charge in [0.15, 0.2) is 5.78 Å². The van der Waals surface area contributed by atoms with Crippen molar-refractivity contribution in [2.75, 3.05) is 0 Å². The predicted molar refractivity (Wildman–Crippen MR) is 54.6 cm³/mol. The van der Waals surface area contributed by atoms with Crippen molar-refractivity contribution in [1.29, 1.82) is 0 Å². The Labute approximate surface area is 101 Å². The molecule has 1 heterocycles. The molecule has 1 aliphatic carbocycles. The van der Waals surface area contributed by atoms with Gasteiger partial charge in [0, 0.05) is 11.5 Å². The standard InChI is InChI=1S/C11H12F4N2O/c1-5-3-7-8(10(12)13)16-17(4-6(2)18)9(7)11(5,14)15/h5,10H,3-4H2,1-2H3/t5-/m0/s1. The quantitative estimate of drug-likeness (QED) is 0.787. The Morgan fingerprint density at radius 3 is 2.67 bits per heavy atom. The average Bonchev–Trinajstić information content (AvgIpc) is 2.65. The Morgan fingerprint density at radius 2 is 2.17 bits per heavy atom. The summed E-state index contributed by atoms with van der Waals surface area (Å²) in [6.45, 7) is 2.09. The van der Waals surface area contributed by atoms with Gasteiger partial charge in [0.1, 0.15) is 11.4 Å². The summed E-state index contributed by atoms with van der Waals surface area (Å²) in [6.07, 6.45) is -3.05. The van der Waals surface area contributed by atoms with E-state index in [1.54, 1.807) is 0 Å². The van der Waals surface area contributed by atoms with E-state index in [4.69, 9.17) is 0 Å². The molecule has 0 bridgehead atoms. The van der Waals surface area contributed by atoms with Crippen LogP contribution in [0, 0.1) is 5.92 Å². The summed E-state index contributed by atoms with van der Waals surface area (Å²) in [4.78, 5) is 11.0. The Hall–Kier alpha value is -1.40. The molecule has 0 radical (unpaired) electrons. The van der Waals surface area contributed by atoms with Gasteiger partial charge in [0.2, 0.25) is 0 Å². The Balaban J connectivity index is 2.58. The Kier molecular flexibility index (Phi) is 2.95. The summed E-state index contributed by atoms with van der Waals surface area (Å²) in [5.74, 6) is -4.68. The molecule has 0 N–H and O–H groups in total. The number of rotatable bonds is 3. The molecule has 0 aromatic carbocycles. The van der Waals surface area contributed by atoms with Crippen molar-refractivity contribution >= 4 is 5.78 Å². The zero-order valence-corrected chi connectivity index (χ0v) is 9.88. The second kappa shape index (κ2) is 4.07. The number of nitrogens with zero attached hydrogens (tertiary/aromatic N) is 2. The molecule has 2 rings (SSSR count). The third kappa shape index (κ3) is 1.81. The molecule has 1 aromatic rings. The van der Waals surface area contributed by atoms with Crippen LogP contribution in [0.4, 0.5) is 17.6 Å². The van der Waals surface area contributed by atoms with Crippen LogP contribution in [-0.4, -0.2) is 15.6 Å². The van der Waals surface area contributed by atoms with Crippen LogP contribution in [0.2, 0.25) is 0 Å². The second-order valence-corrected chi connectivity index (χ2v) is 4.60. The highest BCUT2D eigenvalue weighted by atomic mass is 19.3. The van der Waals surface area contributed by atoms with Crippen molar-refractivity contribution in [3.63, 3.8) is 0 Å². The molecule has 1 atom stereocenters. The predicted octanol–water partition coefficient (Wildman–Crippen LogP) is 2.69. The van der Waals surface area contributed by atoms with Gasteiger partial charge in [0.25, 0.3) is 12.3 Å². The molecule has 3 nitrogen and oxygen atoms in total. The van der Waals surface area contributed by atoms with E-state index < -0.39 is 42.0 Å². The van der Waals surface area contributed by atoms with Gasteiger partial charge >= 0.3 is 0 Å². The largest absolute Gasteiger partial charge is 0.298 e. The maximum absolute atomic E-state index is 13.9. The van der Waals surface area contributed by atoms with Crippen LogP contribution in [0.3, 0.4) is 0 Å². The average molecular weight is 264 g/mol. The van der Waals surface area contributed by atoms with Crippen LogP contribution in [0.1, 0.15) is 37.2 Å². The fraction of sp³-hybridized carbons (Fsp3) is 0.636. The van der Waals surface area contributed by atoms with E-state index in [9.17, 15) is 22.4 Å². The minimum atomic E-state index is -3.22. The number of halogens is 4. The van der Waals surface area contributed by atoms with Gasteiger partial charge in [-0.15, -0.1) is 0 Å². The molecule has 1 aliphatic rings. The van der Waals surface area contributed by atoms with Crippen molar-refractivity contribution in [3.8, 4) is 0 Å². The minimum absolute atomic E-state index is 0.108. The fourth-order valence-corrected chi connectivity index (χ4v) is 2.26. The van der Waals surface area contributed by atoms with Gasteiger partial charge in [-0.25, -0.2) is 8.78 Å². The molecule has 0 aliphatic heterocycles. The molecule has 7 heteroatoms. The third-order valence-corrected chi connectivity index (χ3v) is 3.11. The van der Waals surface area contributed by atoms with E-state index >= 15 is 0 Å². The summed E-state index contributed by atoms with van der Waals surface area (Å²) in [6, 6.07) is 0. The van der Waals surface area contributed by atoms with Crippen molar-refractivity contribution in [1.82, 2.24) is 9.78 Å². The lowest BCUT2D eigenvalue weighted by molar-refractivity contribution is -0.118. The van der Waals surface area contributed by atoms with Gasteiger partial charge in [-0.2, -0.15) is 13.9 Å². The van der Waals surface area contributed by atoms with Crippen LogP contribution < -0.4 is 0 Å². The van der Waals surface area contributed by atoms with E-state index in [1.165, 1.54) is 13.8 Å². The number of hydrogen-bond donors (Lipinski definition) is 0. The van der Waals surface area contributed by atoms with E-state index in [0.717, 1.165) is 4.68 Å². The number of hydrogen-bond acceptors (Lipinski definition) is 2. The molecule has 1 aromatic heterocycles. The monoisotopic (exact) mass is 264 g/mol. The van der Waals surface area contributed by atoms with Gasteiger partial charge in [0.05, 0.1) is 6.54 Å². The molecule has 0 unspecified atom stereocenters. The van der Waals surface area contributed by atoms with Gasteiger partial charge in [-0.05, 0) is 13.3 Å². The summed E-state index contributed by atoms with van der Waals surface area (Å²) in [7, 11) is 0. The number of aromatic nitrogens is 2. The first-order valence-electron chi connectivity index (χ1n) is 5.50. The van der Waals surface area contributed by atoms with Crippen molar-refractivity contribution < 1.29 is 22.4 Å². The van der Waals surface area contributed by atoms with E-state index in [1.807, 2.05) is 0 Å². The van der Waals surface area contributed by atoms with Crippen LogP contribution in [0.15, 0.2) is 0 Å². The summed E-state index contributed by atoms with van der Waals surface area (Å²) >= 11 is 0. The van der Waals surface area contributed by atoms with Crippen LogP contribution in [-0.2, 0) is 23.7 Å². The SMILES string of the molecule is CC(=O)Cn1nc(C(F)F)c2c1C(F)(F)[C@@H](C)C2. The summed E-state index contributed by atoms with van der Waals surface area (Å²) in [5.41, 5.74) is -1.26. The lowest BCUT2D eigenvalue weighted by atomic mass is 10.1. The lowest BCUT2D eigenvalue weighted by Gasteiger charge is -2.17. The molecule has 0 amide bonds. The molecule has 0 fully saturated rings. The summed E-state index contributed by atoms with van der Waals surface area (Å²) in [5, 5.41) is 3.47. The first kappa shape index (κ1) is 13.0. The summed E-state index contributed by atoms with van der Waals surface area (Å²) < 4.78 is 54.0. The van der Waals surface area contributed by atoms with E-state index in [2.05, 4.69) is 5.10 Å². The van der Waals surface area contributed by atoms with Crippen LogP contribution >= 0.6 is 0 Å².